The van der Waals surface area contributed by atoms with E-state index in [4.69, 9.17) is 32.7 Å². The maximum absolute atomic E-state index is 12.3. The molecule has 2 aromatic carbocycles. The summed E-state index contributed by atoms with van der Waals surface area (Å²) in [5.74, 6) is -0.365. The molecule has 1 heterocycles. The van der Waals surface area contributed by atoms with E-state index in [2.05, 4.69) is 10.2 Å². The van der Waals surface area contributed by atoms with Gasteiger partial charge in [-0.1, -0.05) is 35.3 Å². The van der Waals surface area contributed by atoms with Gasteiger partial charge in [0.1, 0.15) is 0 Å². The molecule has 138 valence electrons. The summed E-state index contributed by atoms with van der Waals surface area (Å²) >= 11 is 12.3. The molecule has 1 fully saturated rings. The van der Waals surface area contributed by atoms with Gasteiger partial charge in [-0.3, -0.25) is 0 Å². The molecule has 0 bridgehead atoms. The van der Waals surface area contributed by atoms with Crippen LogP contribution in [0.5, 0.6) is 0 Å². The molecule has 1 aliphatic rings. The molecule has 0 atom stereocenters. The Morgan fingerprint density at radius 2 is 2.00 bits per heavy atom. The number of hydrogen-bond donors (Lipinski definition) is 1. The highest BCUT2D eigenvalue weighted by Gasteiger charge is 2.20. The number of halogens is 2. The maximum Gasteiger partial charge on any atom is 0.340 e. The molecule has 1 aliphatic heterocycles. The van der Waals surface area contributed by atoms with Crippen molar-refractivity contribution in [3.8, 4) is 0 Å². The van der Waals surface area contributed by atoms with Crippen LogP contribution < -0.4 is 10.2 Å². The van der Waals surface area contributed by atoms with E-state index in [1.165, 1.54) is 7.11 Å². The Morgan fingerprint density at radius 1 is 1.23 bits per heavy atom. The molecule has 0 radical (unpaired) electrons. The number of rotatable bonds is 5. The first-order valence-electron chi connectivity index (χ1n) is 8.32. The third-order valence-corrected chi connectivity index (χ3v) is 5.13. The van der Waals surface area contributed by atoms with Crippen LogP contribution in [0.2, 0.25) is 10.0 Å². The van der Waals surface area contributed by atoms with Crippen molar-refractivity contribution in [2.45, 2.75) is 6.54 Å². The van der Waals surface area contributed by atoms with Crippen LogP contribution in [0.25, 0.3) is 0 Å². The van der Waals surface area contributed by atoms with Crippen LogP contribution in [0.15, 0.2) is 36.4 Å². The smallest absolute Gasteiger partial charge is 0.340 e. The van der Waals surface area contributed by atoms with E-state index >= 15 is 0 Å². The summed E-state index contributed by atoms with van der Waals surface area (Å²) in [5.41, 5.74) is 3.07. The predicted octanol–water partition coefficient (Wildman–Crippen LogP) is 4.23. The summed E-state index contributed by atoms with van der Waals surface area (Å²) in [6.07, 6.45) is 0. The average Bonchev–Trinajstić information content (AvgIpc) is 2.69. The van der Waals surface area contributed by atoms with Gasteiger partial charge in [-0.05, 0) is 29.8 Å². The van der Waals surface area contributed by atoms with Crippen LogP contribution in [0, 0.1) is 0 Å². The molecule has 3 rings (SSSR count). The van der Waals surface area contributed by atoms with Crippen LogP contribution in [-0.2, 0) is 16.0 Å². The third kappa shape index (κ3) is 4.23. The molecule has 0 aliphatic carbocycles. The monoisotopic (exact) mass is 394 g/mol. The van der Waals surface area contributed by atoms with Crippen LogP contribution in [-0.4, -0.2) is 39.4 Å². The molecule has 26 heavy (non-hydrogen) atoms. The van der Waals surface area contributed by atoms with Crippen molar-refractivity contribution in [3.05, 3.63) is 57.6 Å². The Hall–Kier alpha value is -1.95. The zero-order valence-corrected chi connectivity index (χ0v) is 15.9. The van der Waals surface area contributed by atoms with Gasteiger partial charge >= 0.3 is 5.97 Å². The van der Waals surface area contributed by atoms with Crippen LogP contribution >= 0.6 is 23.2 Å². The summed E-state index contributed by atoms with van der Waals surface area (Å²) in [5, 5.41) is 4.33. The number of esters is 1. The molecule has 7 heteroatoms. The molecule has 0 aromatic heterocycles. The molecule has 0 spiro atoms. The fourth-order valence-corrected chi connectivity index (χ4v) is 3.27. The molecule has 0 amide bonds. The minimum atomic E-state index is -0.365. The number of hydrogen-bond acceptors (Lipinski definition) is 5. The largest absolute Gasteiger partial charge is 0.465 e. The Morgan fingerprint density at radius 3 is 2.73 bits per heavy atom. The van der Waals surface area contributed by atoms with E-state index in [9.17, 15) is 4.79 Å². The Kier molecular flexibility index (Phi) is 6.25. The molecular formula is C19H20Cl2N2O3. The van der Waals surface area contributed by atoms with Crippen molar-refractivity contribution >= 4 is 40.5 Å². The van der Waals surface area contributed by atoms with E-state index < -0.39 is 0 Å². The predicted molar refractivity (Wildman–Crippen MR) is 105 cm³/mol. The number of benzene rings is 2. The highest BCUT2D eigenvalue weighted by Crippen LogP contribution is 2.28. The number of carbonyl (C=O) groups is 1. The Labute approximate surface area is 162 Å². The van der Waals surface area contributed by atoms with Crippen LogP contribution in [0.1, 0.15) is 15.9 Å². The minimum absolute atomic E-state index is 0.365. The first-order valence-corrected chi connectivity index (χ1v) is 9.07. The number of nitrogens with one attached hydrogen (secondary N) is 1. The maximum atomic E-state index is 12.3. The molecule has 1 N–H and O–H groups in total. The second-order valence-electron chi connectivity index (χ2n) is 5.89. The highest BCUT2D eigenvalue weighted by molar-refractivity contribution is 6.42. The summed E-state index contributed by atoms with van der Waals surface area (Å²) in [7, 11) is 1.39. The van der Waals surface area contributed by atoms with Gasteiger partial charge in [-0.25, -0.2) is 4.79 Å². The van der Waals surface area contributed by atoms with E-state index in [0.717, 1.165) is 30.0 Å². The van der Waals surface area contributed by atoms with Gasteiger partial charge in [0, 0.05) is 25.3 Å². The zero-order valence-electron chi connectivity index (χ0n) is 14.4. The quantitative estimate of drug-likeness (QED) is 0.768. The van der Waals surface area contributed by atoms with E-state index in [1.54, 1.807) is 12.1 Å². The number of ether oxygens (including phenoxy) is 2. The first kappa shape index (κ1) is 18.8. The van der Waals surface area contributed by atoms with Gasteiger partial charge < -0.3 is 19.7 Å². The van der Waals surface area contributed by atoms with E-state index in [1.807, 2.05) is 24.3 Å². The number of methoxy groups -OCH3 is 1. The number of nitrogens with zero attached hydrogens (tertiary/aromatic N) is 1. The van der Waals surface area contributed by atoms with Gasteiger partial charge in [-0.2, -0.15) is 0 Å². The van der Waals surface area contributed by atoms with E-state index in [0.29, 0.717) is 35.4 Å². The van der Waals surface area contributed by atoms with Crippen molar-refractivity contribution in [1.29, 1.82) is 0 Å². The lowest BCUT2D eigenvalue weighted by Crippen LogP contribution is -2.37. The number of carbonyl (C=O) groups excluding carboxylic acids is 1. The standard InChI is InChI=1S/C19H20Cl2N2O3/c1-25-19(24)15-11-14(5-6-17(15)23-7-9-26-10-8-23)22-12-13-3-2-4-16(20)18(13)21/h2-6,11,22H,7-10,12H2,1H3. The molecule has 2 aromatic rings. The van der Waals surface area contributed by atoms with Crippen molar-refractivity contribution in [2.75, 3.05) is 43.6 Å². The minimum Gasteiger partial charge on any atom is -0.465 e. The van der Waals surface area contributed by atoms with Gasteiger partial charge in [-0.15, -0.1) is 0 Å². The van der Waals surface area contributed by atoms with Crippen molar-refractivity contribution < 1.29 is 14.3 Å². The second kappa shape index (κ2) is 8.62. The lowest BCUT2D eigenvalue weighted by Gasteiger charge is -2.30. The summed E-state index contributed by atoms with van der Waals surface area (Å²) in [4.78, 5) is 14.4. The van der Waals surface area contributed by atoms with Crippen molar-refractivity contribution in [1.82, 2.24) is 0 Å². The summed E-state index contributed by atoms with van der Waals surface area (Å²) in [6, 6.07) is 11.2. The van der Waals surface area contributed by atoms with Gasteiger partial charge in [0.15, 0.2) is 0 Å². The highest BCUT2D eigenvalue weighted by atomic mass is 35.5. The Balaban J connectivity index is 1.82. The lowest BCUT2D eigenvalue weighted by molar-refractivity contribution is 0.0600. The molecule has 0 unspecified atom stereocenters. The van der Waals surface area contributed by atoms with Crippen molar-refractivity contribution in [3.63, 3.8) is 0 Å². The topological polar surface area (TPSA) is 50.8 Å². The van der Waals surface area contributed by atoms with Gasteiger partial charge in [0.2, 0.25) is 0 Å². The Bertz CT molecular complexity index is 792. The van der Waals surface area contributed by atoms with Gasteiger partial charge in [0.25, 0.3) is 0 Å². The van der Waals surface area contributed by atoms with Crippen LogP contribution in [0.4, 0.5) is 11.4 Å². The normalized spacial score (nSPS) is 14.2. The van der Waals surface area contributed by atoms with Crippen LogP contribution in [0.3, 0.4) is 0 Å². The molecule has 1 saturated heterocycles. The fourth-order valence-electron chi connectivity index (χ4n) is 2.88. The SMILES string of the molecule is COC(=O)c1cc(NCc2cccc(Cl)c2Cl)ccc1N1CCOCC1. The summed E-state index contributed by atoms with van der Waals surface area (Å²) in [6.45, 7) is 3.28. The van der Waals surface area contributed by atoms with E-state index in [-0.39, 0.29) is 5.97 Å². The number of anilines is 2. The second-order valence-corrected chi connectivity index (χ2v) is 6.67. The molecule has 0 saturated carbocycles. The fraction of sp³-hybridized carbons (Fsp3) is 0.316. The molecular weight excluding hydrogens is 375 g/mol. The average molecular weight is 395 g/mol. The van der Waals surface area contributed by atoms with Gasteiger partial charge in [0.05, 0.1) is 41.6 Å². The summed E-state index contributed by atoms with van der Waals surface area (Å²) < 4.78 is 10.3. The first-order chi connectivity index (χ1) is 12.6. The zero-order chi connectivity index (χ0) is 18.5. The lowest BCUT2D eigenvalue weighted by atomic mass is 10.1. The molecule has 5 nitrogen and oxygen atoms in total. The van der Waals surface area contributed by atoms with Crippen molar-refractivity contribution in [2.24, 2.45) is 0 Å². The third-order valence-electron chi connectivity index (χ3n) is 4.27. The number of morpholine rings is 1.